The van der Waals surface area contributed by atoms with Crippen molar-refractivity contribution >= 4 is 11.9 Å². The van der Waals surface area contributed by atoms with Crippen LogP contribution in [0.15, 0.2) is 16.7 Å². The van der Waals surface area contributed by atoms with Gasteiger partial charge in [0.25, 0.3) is 5.91 Å². The molecule has 1 heterocycles. The molecule has 0 atom stereocenters. The van der Waals surface area contributed by atoms with Crippen LogP contribution in [-0.2, 0) is 0 Å². The van der Waals surface area contributed by atoms with E-state index in [1.54, 1.807) is 0 Å². The maximum atomic E-state index is 12.0. The lowest BCUT2D eigenvalue weighted by atomic mass is 10.3. The number of amides is 1. The molecule has 1 amide bonds. The van der Waals surface area contributed by atoms with Crippen molar-refractivity contribution in [2.24, 2.45) is 0 Å². The van der Waals surface area contributed by atoms with Crippen LogP contribution in [0.2, 0.25) is 0 Å². The van der Waals surface area contributed by atoms with Crippen molar-refractivity contribution in [3.8, 4) is 0 Å². The van der Waals surface area contributed by atoms with Gasteiger partial charge in [0.2, 0.25) is 0 Å². The molecular formula is C9H8F3NO4. The van der Waals surface area contributed by atoms with Crippen LogP contribution in [0.3, 0.4) is 0 Å². The summed E-state index contributed by atoms with van der Waals surface area (Å²) in [6.45, 7) is -1.44. The van der Waals surface area contributed by atoms with Gasteiger partial charge in [0.05, 0.1) is 5.56 Å². The predicted molar refractivity (Wildman–Crippen MR) is 48.7 cm³/mol. The van der Waals surface area contributed by atoms with E-state index in [-0.39, 0.29) is 5.56 Å². The second kappa shape index (κ2) is 4.48. The molecule has 1 aromatic rings. The van der Waals surface area contributed by atoms with Crippen molar-refractivity contribution in [3.05, 3.63) is 23.7 Å². The first kappa shape index (κ1) is 13.1. The normalized spacial score (nSPS) is 11.3. The van der Waals surface area contributed by atoms with Crippen LogP contribution in [0.5, 0.6) is 0 Å². The second-order valence-corrected chi connectivity index (χ2v) is 3.28. The lowest BCUT2D eigenvalue weighted by Crippen LogP contribution is -2.35. The van der Waals surface area contributed by atoms with Gasteiger partial charge < -0.3 is 14.4 Å². The zero-order valence-corrected chi connectivity index (χ0v) is 8.61. The summed E-state index contributed by atoms with van der Waals surface area (Å²) in [6.07, 6.45) is -3.73. The molecule has 1 aromatic heterocycles. The van der Waals surface area contributed by atoms with Gasteiger partial charge in [0.15, 0.2) is 5.76 Å². The highest BCUT2D eigenvalue weighted by Gasteiger charge is 2.32. The number of carboxylic acids is 1. The molecule has 0 spiro atoms. The highest BCUT2D eigenvalue weighted by Crippen LogP contribution is 2.17. The fraction of sp³-hybridized carbons (Fsp3) is 0.333. The van der Waals surface area contributed by atoms with Crippen LogP contribution < -0.4 is 0 Å². The molecule has 0 saturated carbocycles. The molecule has 0 aliphatic rings. The summed E-state index contributed by atoms with van der Waals surface area (Å²) in [6, 6.07) is 0.873. The van der Waals surface area contributed by atoms with E-state index in [0.29, 0.717) is 4.90 Å². The number of nitrogens with zero attached hydrogens (tertiary/aromatic N) is 1. The third-order valence-corrected chi connectivity index (χ3v) is 1.82. The van der Waals surface area contributed by atoms with E-state index >= 15 is 0 Å². The largest absolute Gasteiger partial charge is 0.478 e. The molecule has 0 radical (unpaired) electrons. The average Bonchev–Trinajstić information content (AvgIpc) is 2.62. The summed E-state index contributed by atoms with van der Waals surface area (Å²) in [5, 5.41) is 8.54. The maximum Gasteiger partial charge on any atom is 0.406 e. The summed E-state index contributed by atoms with van der Waals surface area (Å²) in [5.41, 5.74) is -0.297. The number of furan rings is 1. The van der Waals surface area contributed by atoms with Gasteiger partial charge in [-0.1, -0.05) is 0 Å². The number of alkyl halides is 3. The van der Waals surface area contributed by atoms with Crippen LogP contribution in [0.4, 0.5) is 13.2 Å². The van der Waals surface area contributed by atoms with Gasteiger partial charge in [-0.2, -0.15) is 13.2 Å². The van der Waals surface area contributed by atoms with Crippen molar-refractivity contribution in [2.45, 2.75) is 6.18 Å². The van der Waals surface area contributed by atoms with E-state index < -0.39 is 30.4 Å². The molecule has 1 rings (SSSR count). The minimum absolute atomic E-state index is 0.297. The van der Waals surface area contributed by atoms with Gasteiger partial charge in [-0.3, -0.25) is 4.79 Å². The molecule has 8 heteroatoms. The smallest absolute Gasteiger partial charge is 0.406 e. The number of hydrogen-bond acceptors (Lipinski definition) is 3. The summed E-state index contributed by atoms with van der Waals surface area (Å²) in [5.74, 6) is -2.81. The molecule has 0 bridgehead atoms. The molecule has 5 nitrogen and oxygen atoms in total. The second-order valence-electron chi connectivity index (χ2n) is 3.28. The Morgan fingerprint density at radius 1 is 1.47 bits per heavy atom. The third kappa shape index (κ3) is 3.51. The summed E-state index contributed by atoms with van der Waals surface area (Å²) >= 11 is 0. The van der Waals surface area contributed by atoms with Crippen LogP contribution in [-0.4, -0.2) is 41.7 Å². The van der Waals surface area contributed by atoms with E-state index in [1.807, 2.05) is 0 Å². The fourth-order valence-electron chi connectivity index (χ4n) is 1.09. The third-order valence-electron chi connectivity index (χ3n) is 1.82. The average molecular weight is 251 g/mol. The summed E-state index contributed by atoms with van der Waals surface area (Å²) < 4.78 is 40.6. The number of carbonyl (C=O) groups is 2. The number of halogens is 3. The lowest BCUT2D eigenvalue weighted by Gasteiger charge is -2.17. The molecule has 94 valence electrons. The van der Waals surface area contributed by atoms with Gasteiger partial charge in [-0.05, 0) is 0 Å². The Morgan fingerprint density at radius 3 is 2.47 bits per heavy atom. The Bertz CT molecular complexity index is 438. The number of carboxylic acid groups (broad SMARTS) is 1. The van der Waals surface area contributed by atoms with E-state index in [2.05, 4.69) is 4.42 Å². The topological polar surface area (TPSA) is 70.8 Å². The molecule has 0 aliphatic heterocycles. The van der Waals surface area contributed by atoms with Crippen LogP contribution in [0.1, 0.15) is 20.9 Å². The van der Waals surface area contributed by atoms with Gasteiger partial charge in [0.1, 0.15) is 12.8 Å². The Labute approximate surface area is 93.4 Å². The molecule has 0 aromatic carbocycles. The standard InChI is InChI=1S/C9H8F3NO4/c1-13(4-9(10,11)12)7(14)6-2-5(3-17-6)8(15)16/h2-3H,4H2,1H3,(H,15,16). The van der Waals surface area contributed by atoms with Crippen LogP contribution >= 0.6 is 0 Å². The first-order valence-corrected chi connectivity index (χ1v) is 4.35. The quantitative estimate of drug-likeness (QED) is 0.885. The first-order valence-electron chi connectivity index (χ1n) is 4.35. The fourth-order valence-corrected chi connectivity index (χ4v) is 1.09. The number of aromatic carboxylic acids is 1. The first-order chi connectivity index (χ1) is 7.70. The maximum absolute atomic E-state index is 12.0. The van der Waals surface area contributed by atoms with Crippen molar-refractivity contribution in [1.29, 1.82) is 0 Å². The molecule has 0 unspecified atom stereocenters. The Hall–Kier alpha value is -1.99. The lowest BCUT2D eigenvalue weighted by molar-refractivity contribution is -0.138. The highest BCUT2D eigenvalue weighted by atomic mass is 19.4. The van der Waals surface area contributed by atoms with Crippen molar-refractivity contribution in [1.82, 2.24) is 4.90 Å². The predicted octanol–water partition coefficient (Wildman–Crippen LogP) is 1.61. The number of rotatable bonds is 3. The Morgan fingerprint density at radius 2 is 2.06 bits per heavy atom. The molecule has 0 fully saturated rings. The van der Waals surface area contributed by atoms with Crippen molar-refractivity contribution < 1.29 is 32.3 Å². The Kier molecular flexibility index (Phi) is 3.45. The van der Waals surface area contributed by atoms with Crippen LogP contribution in [0, 0.1) is 0 Å². The minimum Gasteiger partial charge on any atom is -0.478 e. The van der Waals surface area contributed by atoms with Gasteiger partial charge in [0, 0.05) is 13.1 Å². The van der Waals surface area contributed by atoms with Gasteiger partial charge >= 0.3 is 12.1 Å². The van der Waals surface area contributed by atoms with E-state index in [4.69, 9.17) is 5.11 Å². The minimum atomic E-state index is -4.52. The van der Waals surface area contributed by atoms with Gasteiger partial charge in [-0.15, -0.1) is 0 Å². The summed E-state index contributed by atoms with van der Waals surface area (Å²) in [4.78, 5) is 22.3. The zero-order chi connectivity index (χ0) is 13.2. The molecule has 0 saturated heterocycles. The van der Waals surface area contributed by atoms with E-state index in [1.165, 1.54) is 0 Å². The zero-order valence-electron chi connectivity index (χ0n) is 8.61. The Balaban J connectivity index is 2.78. The molecule has 1 N–H and O–H groups in total. The molecule has 0 aliphatic carbocycles. The number of carbonyl (C=O) groups excluding carboxylic acids is 1. The van der Waals surface area contributed by atoms with E-state index in [9.17, 15) is 22.8 Å². The molecule has 17 heavy (non-hydrogen) atoms. The number of hydrogen-bond donors (Lipinski definition) is 1. The van der Waals surface area contributed by atoms with E-state index in [0.717, 1.165) is 19.4 Å². The van der Waals surface area contributed by atoms with Crippen molar-refractivity contribution in [3.63, 3.8) is 0 Å². The highest BCUT2D eigenvalue weighted by molar-refractivity contribution is 5.95. The van der Waals surface area contributed by atoms with Gasteiger partial charge in [-0.25, -0.2) is 4.79 Å². The monoisotopic (exact) mass is 251 g/mol. The SMILES string of the molecule is CN(CC(F)(F)F)C(=O)c1cc(C(=O)O)co1. The van der Waals surface area contributed by atoms with Crippen LogP contribution in [0.25, 0.3) is 0 Å². The summed E-state index contributed by atoms with van der Waals surface area (Å²) in [7, 11) is 0.943. The molecular weight excluding hydrogens is 243 g/mol. The van der Waals surface area contributed by atoms with Crippen molar-refractivity contribution in [2.75, 3.05) is 13.6 Å².